The van der Waals surface area contributed by atoms with Gasteiger partial charge in [-0.25, -0.2) is 0 Å². The van der Waals surface area contributed by atoms with Gasteiger partial charge in [0.05, 0.1) is 13.2 Å². The summed E-state index contributed by atoms with van der Waals surface area (Å²) >= 11 is 0. The minimum atomic E-state index is -0.129. The normalized spacial score (nSPS) is 26.7. The molecule has 0 spiro atoms. The second-order valence-corrected chi connectivity index (χ2v) is 4.46. The van der Waals surface area contributed by atoms with Crippen LogP contribution in [0.3, 0.4) is 0 Å². The van der Waals surface area contributed by atoms with Crippen LogP contribution >= 0.6 is 0 Å². The summed E-state index contributed by atoms with van der Waals surface area (Å²) in [4.78, 5) is 13.6. The fourth-order valence-electron chi connectivity index (χ4n) is 2.38. The van der Waals surface area contributed by atoms with Gasteiger partial charge in [0.1, 0.15) is 0 Å². The van der Waals surface area contributed by atoms with Crippen LogP contribution in [0.5, 0.6) is 0 Å². The molecule has 0 radical (unpaired) electrons. The van der Waals surface area contributed by atoms with Crippen molar-refractivity contribution in [2.75, 3.05) is 26.2 Å². The predicted molar refractivity (Wildman–Crippen MR) is 64.1 cm³/mol. The molecule has 1 aliphatic rings. The summed E-state index contributed by atoms with van der Waals surface area (Å²) in [7, 11) is 0. The average Bonchev–Trinajstić information content (AvgIpc) is 2.30. The van der Waals surface area contributed by atoms with Crippen molar-refractivity contribution in [2.45, 2.75) is 39.2 Å². The summed E-state index contributed by atoms with van der Waals surface area (Å²) < 4.78 is 4.97. The van der Waals surface area contributed by atoms with E-state index in [0.29, 0.717) is 25.7 Å². The Kier molecular flexibility index (Phi) is 5.77. The van der Waals surface area contributed by atoms with Crippen molar-refractivity contribution < 1.29 is 9.53 Å². The number of carbonyl (C=O) groups is 1. The highest BCUT2D eigenvalue weighted by Gasteiger charge is 2.28. The van der Waals surface area contributed by atoms with Gasteiger partial charge in [0, 0.05) is 12.6 Å². The van der Waals surface area contributed by atoms with Crippen LogP contribution in [-0.4, -0.2) is 43.2 Å². The van der Waals surface area contributed by atoms with E-state index in [1.54, 1.807) is 0 Å². The Balaban J connectivity index is 2.43. The van der Waals surface area contributed by atoms with Crippen LogP contribution < -0.4 is 5.73 Å². The third-order valence-electron chi connectivity index (χ3n) is 3.43. The van der Waals surface area contributed by atoms with Crippen LogP contribution in [0.1, 0.15) is 33.1 Å². The van der Waals surface area contributed by atoms with Gasteiger partial charge in [-0.2, -0.15) is 0 Å². The lowest BCUT2D eigenvalue weighted by atomic mass is 9.89. The highest BCUT2D eigenvalue weighted by molar-refractivity contribution is 5.71. The third kappa shape index (κ3) is 3.76. The zero-order chi connectivity index (χ0) is 12.0. The van der Waals surface area contributed by atoms with Gasteiger partial charge in [-0.05, 0) is 32.2 Å². The average molecular weight is 228 g/mol. The van der Waals surface area contributed by atoms with Crippen LogP contribution in [0.2, 0.25) is 0 Å². The molecular formula is C12H24N2O2. The lowest BCUT2D eigenvalue weighted by molar-refractivity contribution is -0.145. The zero-order valence-corrected chi connectivity index (χ0v) is 10.4. The van der Waals surface area contributed by atoms with E-state index in [1.807, 2.05) is 6.92 Å². The van der Waals surface area contributed by atoms with E-state index in [4.69, 9.17) is 10.5 Å². The Morgan fingerprint density at radius 3 is 2.81 bits per heavy atom. The van der Waals surface area contributed by atoms with Crippen LogP contribution in [0.15, 0.2) is 0 Å². The molecule has 0 aromatic heterocycles. The van der Waals surface area contributed by atoms with Crippen molar-refractivity contribution in [3.05, 3.63) is 0 Å². The highest BCUT2D eigenvalue weighted by Crippen LogP contribution is 2.24. The Morgan fingerprint density at radius 1 is 1.50 bits per heavy atom. The third-order valence-corrected chi connectivity index (χ3v) is 3.43. The first-order chi connectivity index (χ1) is 7.71. The smallest absolute Gasteiger partial charge is 0.320 e. The first kappa shape index (κ1) is 13.5. The van der Waals surface area contributed by atoms with Crippen molar-refractivity contribution in [3.8, 4) is 0 Å². The van der Waals surface area contributed by atoms with Gasteiger partial charge in [-0.1, -0.05) is 13.3 Å². The number of ether oxygens (including phenoxy) is 1. The number of likely N-dealkylation sites (tertiary alicyclic amines) is 1. The van der Waals surface area contributed by atoms with Gasteiger partial charge in [0.2, 0.25) is 0 Å². The van der Waals surface area contributed by atoms with Crippen molar-refractivity contribution >= 4 is 5.97 Å². The molecule has 0 amide bonds. The molecule has 0 aromatic carbocycles. The molecule has 0 aromatic rings. The summed E-state index contributed by atoms with van der Waals surface area (Å²) in [5.41, 5.74) is 5.77. The van der Waals surface area contributed by atoms with Gasteiger partial charge in [0.15, 0.2) is 0 Å². The number of nitrogens with two attached hydrogens (primary N) is 1. The number of hydrogen-bond acceptors (Lipinski definition) is 4. The summed E-state index contributed by atoms with van der Waals surface area (Å²) in [5, 5.41) is 0. The van der Waals surface area contributed by atoms with E-state index in [0.717, 1.165) is 18.9 Å². The zero-order valence-electron chi connectivity index (χ0n) is 10.4. The molecule has 0 aliphatic carbocycles. The summed E-state index contributed by atoms with van der Waals surface area (Å²) in [6.07, 6.45) is 3.50. The molecule has 4 heteroatoms. The Hall–Kier alpha value is -0.610. The summed E-state index contributed by atoms with van der Waals surface area (Å²) in [6, 6.07) is 0.350. The Morgan fingerprint density at radius 2 is 2.25 bits per heavy atom. The molecule has 1 heterocycles. The largest absolute Gasteiger partial charge is 0.465 e. The molecule has 2 unspecified atom stereocenters. The monoisotopic (exact) mass is 228 g/mol. The second kappa shape index (κ2) is 6.86. The van der Waals surface area contributed by atoms with Crippen LogP contribution in [0, 0.1) is 5.92 Å². The number of hydrogen-bond donors (Lipinski definition) is 1. The van der Waals surface area contributed by atoms with E-state index in [9.17, 15) is 4.79 Å². The van der Waals surface area contributed by atoms with Gasteiger partial charge in [0.25, 0.3) is 0 Å². The lowest BCUT2D eigenvalue weighted by Gasteiger charge is -2.38. The number of carbonyl (C=O) groups excluding carboxylic acids is 1. The fourth-order valence-corrected chi connectivity index (χ4v) is 2.38. The minimum absolute atomic E-state index is 0.129. The van der Waals surface area contributed by atoms with Crippen molar-refractivity contribution in [1.29, 1.82) is 0 Å². The molecule has 1 fully saturated rings. The van der Waals surface area contributed by atoms with Crippen molar-refractivity contribution in [2.24, 2.45) is 11.7 Å². The summed E-state index contributed by atoms with van der Waals surface area (Å²) in [5.74, 6) is 0.642. The van der Waals surface area contributed by atoms with Gasteiger partial charge in [-0.3, -0.25) is 9.69 Å². The molecule has 1 saturated heterocycles. The molecule has 0 bridgehead atoms. The quantitative estimate of drug-likeness (QED) is 0.713. The van der Waals surface area contributed by atoms with Gasteiger partial charge in [-0.15, -0.1) is 0 Å². The molecule has 16 heavy (non-hydrogen) atoms. The predicted octanol–water partition coefficient (Wildman–Crippen LogP) is 0.999. The molecular weight excluding hydrogens is 204 g/mol. The molecule has 1 rings (SSSR count). The maximum absolute atomic E-state index is 11.4. The molecule has 94 valence electrons. The van der Waals surface area contributed by atoms with Crippen LogP contribution in [0.25, 0.3) is 0 Å². The van der Waals surface area contributed by atoms with Crippen LogP contribution in [0.4, 0.5) is 0 Å². The van der Waals surface area contributed by atoms with E-state index >= 15 is 0 Å². The number of esters is 1. The maximum Gasteiger partial charge on any atom is 0.320 e. The van der Waals surface area contributed by atoms with E-state index < -0.39 is 0 Å². The van der Waals surface area contributed by atoms with Gasteiger partial charge < -0.3 is 10.5 Å². The number of piperidine rings is 1. The SMILES string of the molecule is CCOC(=O)CN1CCC(CC)CC1CN. The Labute approximate surface area is 98.1 Å². The van der Waals surface area contributed by atoms with Crippen molar-refractivity contribution in [1.82, 2.24) is 4.90 Å². The van der Waals surface area contributed by atoms with E-state index in [1.165, 1.54) is 12.8 Å². The minimum Gasteiger partial charge on any atom is -0.465 e. The second-order valence-electron chi connectivity index (χ2n) is 4.46. The van der Waals surface area contributed by atoms with E-state index in [2.05, 4.69) is 11.8 Å². The standard InChI is InChI=1S/C12H24N2O2/c1-3-10-5-6-14(11(7-10)8-13)9-12(15)16-4-2/h10-11H,3-9,13H2,1-2H3. The van der Waals surface area contributed by atoms with Crippen molar-refractivity contribution in [3.63, 3.8) is 0 Å². The molecule has 2 atom stereocenters. The first-order valence-corrected chi connectivity index (χ1v) is 6.30. The molecule has 4 nitrogen and oxygen atoms in total. The molecule has 2 N–H and O–H groups in total. The molecule has 0 saturated carbocycles. The first-order valence-electron chi connectivity index (χ1n) is 6.30. The van der Waals surface area contributed by atoms with E-state index in [-0.39, 0.29) is 5.97 Å². The maximum atomic E-state index is 11.4. The lowest BCUT2D eigenvalue weighted by Crippen LogP contribution is -2.48. The fraction of sp³-hybridized carbons (Fsp3) is 0.917. The van der Waals surface area contributed by atoms with Crippen LogP contribution in [-0.2, 0) is 9.53 Å². The molecule has 1 aliphatic heterocycles. The number of rotatable bonds is 5. The highest BCUT2D eigenvalue weighted by atomic mass is 16.5. The summed E-state index contributed by atoms with van der Waals surface area (Å²) in [6.45, 7) is 6.51. The number of nitrogens with zero attached hydrogens (tertiary/aromatic N) is 1. The van der Waals surface area contributed by atoms with Gasteiger partial charge >= 0.3 is 5.97 Å². The topological polar surface area (TPSA) is 55.6 Å². The Bertz CT molecular complexity index is 221.